The van der Waals surface area contributed by atoms with Crippen LogP contribution in [-0.4, -0.2) is 11.2 Å². The second-order valence-corrected chi connectivity index (χ2v) is 5.91. The first-order chi connectivity index (χ1) is 8.11. The minimum atomic E-state index is -0.109. The van der Waals surface area contributed by atoms with E-state index < -0.39 is 0 Å². The van der Waals surface area contributed by atoms with Gasteiger partial charge < -0.3 is 5.11 Å². The molecule has 0 aromatic carbocycles. The molecule has 0 saturated heterocycles. The van der Waals surface area contributed by atoms with Crippen LogP contribution in [-0.2, 0) is 0 Å². The van der Waals surface area contributed by atoms with Gasteiger partial charge in [0.15, 0.2) is 0 Å². The molecule has 17 heavy (non-hydrogen) atoms. The van der Waals surface area contributed by atoms with Gasteiger partial charge in [-0.25, -0.2) is 0 Å². The van der Waals surface area contributed by atoms with Crippen LogP contribution in [0.25, 0.3) is 0 Å². The van der Waals surface area contributed by atoms with Gasteiger partial charge >= 0.3 is 0 Å². The third kappa shape index (κ3) is 3.84. The van der Waals surface area contributed by atoms with Gasteiger partial charge in [-0.15, -0.1) is 6.58 Å². The molecule has 1 nitrogen and oxygen atoms in total. The van der Waals surface area contributed by atoms with Gasteiger partial charge in [0.05, 0.1) is 6.10 Å². The van der Waals surface area contributed by atoms with E-state index in [1.54, 1.807) is 0 Å². The van der Waals surface area contributed by atoms with Crippen molar-refractivity contribution in [1.29, 1.82) is 0 Å². The average Bonchev–Trinajstić information content (AvgIpc) is 2.39. The largest absolute Gasteiger partial charge is 0.393 e. The summed E-state index contributed by atoms with van der Waals surface area (Å²) in [7, 11) is 0. The molecule has 1 N–H and O–H groups in total. The monoisotopic (exact) mass is 238 g/mol. The van der Waals surface area contributed by atoms with Gasteiger partial charge in [-0.1, -0.05) is 52.5 Å². The maximum Gasteiger partial charge on any atom is 0.0596 e. The quantitative estimate of drug-likeness (QED) is 0.679. The molecule has 1 aliphatic carbocycles. The Bertz CT molecular complexity index is 218. The molecule has 100 valence electrons. The molecule has 0 amide bonds. The van der Waals surface area contributed by atoms with Crippen molar-refractivity contribution in [2.45, 2.75) is 65.4 Å². The average molecular weight is 238 g/mol. The predicted molar refractivity (Wildman–Crippen MR) is 74.9 cm³/mol. The highest BCUT2D eigenvalue weighted by Crippen LogP contribution is 2.35. The maximum absolute atomic E-state index is 10.6. The number of aliphatic hydroxyl groups excluding tert-OH is 1. The van der Waals surface area contributed by atoms with Crippen molar-refractivity contribution in [1.82, 2.24) is 0 Å². The lowest BCUT2D eigenvalue weighted by Gasteiger charge is -2.36. The summed E-state index contributed by atoms with van der Waals surface area (Å²) >= 11 is 0. The number of allylic oxidation sites excluding steroid dienone is 1. The molecule has 0 radical (unpaired) electrons. The standard InChI is InChI=1S/C16H30O/c1-5-12(3)15(6-2)13(4)16(17)14-10-8-7-9-11-14/h5,12-17H,1,6-11H2,2-4H3. The van der Waals surface area contributed by atoms with Crippen LogP contribution in [0.3, 0.4) is 0 Å². The zero-order chi connectivity index (χ0) is 12.8. The Hall–Kier alpha value is -0.300. The molecular weight excluding hydrogens is 208 g/mol. The molecule has 1 heteroatoms. The first-order valence-corrected chi connectivity index (χ1v) is 7.42. The topological polar surface area (TPSA) is 20.2 Å². The summed E-state index contributed by atoms with van der Waals surface area (Å²) in [5.74, 6) is 2.03. The first kappa shape index (κ1) is 14.8. The highest BCUT2D eigenvalue weighted by molar-refractivity contribution is 4.88. The molecular formula is C16H30O. The molecule has 4 atom stereocenters. The van der Waals surface area contributed by atoms with Gasteiger partial charge in [0, 0.05) is 0 Å². The fraction of sp³-hybridized carbons (Fsp3) is 0.875. The molecule has 0 heterocycles. The highest BCUT2D eigenvalue weighted by Gasteiger charge is 2.31. The number of rotatable bonds is 6. The molecule has 0 aromatic rings. The van der Waals surface area contributed by atoms with E-state index in [2.05, 4.69) is 27.4 Å². The van der Waals surface area contributed by atoms with Crippen LogP contribution in [0.15, 0.2) is 12.7 Å². The van der Waals surface area contributed by atoms with Gasteiger partial charge in [0.25, 0.3) is 0 Å². The zero-order valence-electron chi connectivity index (χ0n) is 11.9. The van der Waals surface area contributed by atoms with E-state index in [9.17, 15) is 5.11 Å². The van der Waals surface area contributed by atoms with E-state index in [4.69, 9.17) is 0 Å². The summed E-state index contributed by atoms with van der Waals surface area (Å²) in [6, 6.07) is 0. The van der Waals surface area contributed by atoms with Crippen LogP contribution in [0, 0.1) is 23.7 Å². The molecule has 0 aromatic heterocycles. The number of hydrogen-bond donors (Lipinski definition) is 1. The third-order valence-electron chi connectivity index (χ3n) is 4.87. The van der Waals surface area contributed by atoms with Crippen molar-refractivity contribution >= 4 is 0 Å². The minimum Gasteiger partial charge on any atom is -0.393 e. The predicted octanol–water partition coefficient (Wildman–Crippen LogP) is 4.41. The van der Waals surface area contributed by atoms with Crippen molar-refractivity contribution in [2.24, 2.45) is 23.7 Å². The molecule has 0 aliphatic heterocycles. The number of aliphatic hydroxyl groups is 1. The normalized spacial score (nSPS) is 24.9. The Labute approximate surface area is 107 Å². The Kier molecular flexibility index (Phi) is 6.26. The lowest BCUT2D eigenvalue weighted by Crippen LogP contribution is -2.35. The van der Waals surface area contributed by atoms with Crippen LogP contribution < -0.4 is 0 Å². The second-order valence-electron chi connectivity index (χ2n) is 5.91. The summed E-state index contributed by atoms with van der Waals surface area (Å²) in [5.41, 5.74) is 0. The lowest BCUT2D eigenvalue weighted by molar-refractivity contribution is 0.00837. The lowest BCUT2D eigenvalue weighted by atomic mass is 9.72. The Morgan fingerprint density at radius 2 is 1.82 bits per heavy atom. The summed E-state index contributed by atoms with van der Waals surface area (Å²) in [4.78, 5) is 0. The van der Waals surface area contributed by atoms with E-state index in [1.165, 1.54) is 32.1 Å². The Morgan fingerprint density at radius 1 is 1.24 bits per heavy atom. The summed E-state index contributed by atoms with van der Waals surface area (Å²) < 4.78 is 0. The second kappa shape index (κ2) is 7.20. The Morgan fingerprint density at radius 3 is 2.29 bits per heavy atom. The fourth-order valence-corrected chi connectivity index (χ4v) is 3.56. The van der Waals surface area contributed by atoms with E-state index in [0.29, 0.717) is 23.7 Å². The van der Waals surface area contributed by atoms with Crippen molar-refractivity contribution in [3.63, 3.8) is 0 Å². The summed E-state index contributed by atoms with van der Waals surface area (Å²) in [5, 5.41) is 10.6. The van der Waals surface area contributed by atoms with Gasteiger partial charge in [-0.05, 0) is 36.5 Å². The molecule has 0 spiro atoms. The van der Waals surface area contributed by atoms with Crippen LogP contribution in [0.1, 0.15) is 59.3 Å². The van der Waals surface area contributed by atoms with Crippen molar-refractivity contribution < 1.29 is 5.11 Å². The smallest absolute Gasteiger partial charge is 0.0596 e. The maximum atomic E-state index is 10.6. The van der Waals surface area contributed by atoms with Gasteiger partial charge in [0.1, 0.15) is 0 Å². The van der Waals surface area contributed by atoms with Crippen LogP contribution in [0.2, 0.25) is 0 Å². The molecule has 1 saturated carbocycles. The molecule has 1 fully saturated rings. The van der Waals surface area contributed by atoms with Gasteiger partial charge in [0.2, 0.25) is 0 Å². The van der Waals surface area contributed by atoms with Crippen LogP contribution in [0.4, 0.5) is 0 Å². The first-order valence-electron chi connectivity index (χ1n) is 7.42. The SMILES string of the molecule is C=CC(C)C(CC)C(C)C(O)C1CCCCC1. The van der Waals surface area contributed by atoms with Crippen molar-refractivity contribution in [3.05, 3.63) is 12.7 Å². The molecule has 1 aliphatic rings. The van der Waals surface area contributed by atoms with Gasteiger partial charge in [-0.3, -0.25) is 0 Å². The van der Waals surface area contributed by atoms with Gasteiger partial charge in [-0.2, -0.15) is 0 Å². The molecule has 1 rings (SSSR count). The van der Waals surface area contributed by atoms with Crippen molar-refractivity contribution in [3.8, 4) is 0 Å². The van der Waals surface area contributed by atoms with E-state index in [0.717, 1.165) is 6.42 Å². The fourth-order valence-electron chi connectivity index (χ4n) is 3.56. The van der Waals surface area contributed by atoms with E-state index >= 15 is 0 Å². The Balaban J connectivity index is 2.58. The van der Waals surface area contributed by atoms with Crippen LogP contribution >= 0.6 is 0 Å². The van der Waals surface area contributed by atoms with Crippen LogP contribution in [0.5, 0.6) is 0 Å². The molecule has 4 unspecified atom stereocenters. The minimum absolute atomic E-state index is 0.109. The van der Waals surface area contributed by atoms with Crippen molar-refractivity contribution in [2.75, 3.05) is 0 Å². The molecule has 0 bridgehead atoms. The summed E-state index contributed by atoms with van der Waals surface area (Å²) in [6.07, 6.45) is 9.50. The summed E-state index contributed by atoms with van der Waals surface area (Å²) in [6.45, 7) is 10.6. The highest BCUT2D eigenvalue weighted by atomic mass is 16.3. The third-order valence-corrected chi connectivity index (χ3v) is 4.87. The number of hydrogen-bond acceptors (Lipinski definition) is 1. The zero-order valence-corrected chi connectivity index (χ0v) is 11.9. The van der Waals surface area contributed by atoms with E-state index in [1.807, 2.05) is 6.08 Å². The van der Waals surface area contributed by atoms with E-state index in [-0.39, 0.29) is 6.10 Å².